The van der Waals surface area contributed by atoms with Gasteiger partial charge in [0.1, 0.15) is 5.00 Å². The van der Waals surface area contributed by atoms with Crippen LogP contribution in [0, 0.1) is 6.92 Å². The molecule has 0 saturated carbocycles. The monoisotopic (exact) mass is 479 g/mol. The number of esters is 2. The number of methoxy groups -OCH3 is 3. The SMILES string of the molecule is CCOC(=O)c1c(NC(=O)COC(=O)Cc2cc(OC)c(OC)c(OC)c2)sc(C)c1CC. The Morgan fingerprint density at radius 3 is 2.12 bits per heavy atom. The van der Waals surface area contributed by atoms with Crippen molar-refractivity contribution in [1.82, 2.24) is 0 Å². The quantitative estimate of drug-likeness (QED) is 0.488. The number of rotatable bonds is 11. The number of carbonyl (C=O) groups excluding carboxylic acids is 3. The van der Waals surface area contributed by atoms with E-state index in [4.69, 9.17) is 23.7 Å². The highest BCUT2D eigenvalue weighted by atomic mass is 32.1. The van der Waals surface area contributed by atoms with Crippen LogP contribution >= 0.6 is 11.3 Å². The summed E-state index contributed by atoms with van der Waals surface area (Å²) in [6.45, 7) is 5.24. The zero-order valence-electron chi connectivity index (χ0n) is 19.7. The first-order valence-corrected chi connectivity index (χ1v) is 11.1. The van der Waals surface area contributed by atoms with Crippen molar-refractivity contribution < 1.29 is 38.1 Å². The first kappa shape index (κ1) is 26.0. The fraction of sp³-hybridized carbons (Fsp3) is 0.435. The fourth-order valence-electron chi connectivity index (χ4n) is 3.28. The Labute approximate surface area is 196 Å². The summed E-state index contributed by atoms with van der Waals surface area (Å²) in [4.78, 5) is 38.0. The van der Waals surface area contributed by atoms with Crippen LogP contribution in [0.2, 0.25) is 0 Å². The summed E-state index contributed by atoms with van der Waals surface area (Å²) >= 11 is 1.28. The third kappa shape index (κ3) is 6.38. The Morgan fingerprint density at radius 2 is 1.61 bits per heavy atom. The molecule has 0 aliphatic rings. The van der Waals surface area contributed by atoms with Crippen LogP contribution in [0.25, 0.3) is 0 Å². The summed E-state index contributed by atoms with van der Waals surface area (Å²) < 4.78 is 26.1. The zero-order valence-corrected chi connectivity index (χ0v) is 20.5. The number of anilines is 1. The van der Waals surface area contributed by atoms with Gasteiger partial charge in [0.15, 0.2) is 18.1 Å². The summed E-state index contributed by atoms with van der Waals surface area (Å²) in [5.41, 5.74) is 1.74. The molecule has 1 heterocycles. The van der Waals surface area contributed by atoms with Gasteiger partial charge in [0.05, 0.1) is 39.9 Å². The van der Waals surface area contributed by atoms with Crippen LogP contribution in [0.3, 0.4) is 0 Å². The topological polar surface area (TPSA) is 109 Å². The minimum absolute atomic E-state index is 0.101. The Balaban J connectivity index is 2.05. The fourth-order valence-corrected chi connectivity index (χ4v) is 4.42. The van der Waals surface area contributed by atoms with Gasteiger partial charge in [-0.2, -0.15) is 0 Å². The second-order valence-corrected chi connectivity index (χ2v) is 8.06. The van der Waals surface area contributed by atoms with E-state index >= 15 is 0 Å². The van der Waals surface area contributed by atoms with E-state index in [2.05, 4.69) is 5.32 Å². The van der Waals surface area contributed by atoms with Crippen molar-refractivity contribution in [3.8, 4) is 17.2 Å². The van der Waals surface area contributed by atoms with E-state index in [9.17, 15) is 14.4 Å². The molecule has 9 nitrogen and oxygen atoms in total. The number of ether oxygens (including phenoxy) is 5. The highest BCUT2D eigenvalue weighted by Crippen LogP contribution is 2.38. The Bertz CT molecular complexity index is 989. The molecule has 1 N–H and O–H groups in total. The van der Waals surface area contributed by atoms with Crippen LogP contribution in [0.15, 0.2) is 12.1 Å². The molecular weight excluding hydrogens is 450 g/mol. The lowest BCUT2D eigenvalue weighted by Gasteiger charge is -2.14. The molecule has 0 fully saturated rings. The van der Waals surface area contributed by atoms with Crippen LogP contribution in [0.4, 0.5) is 5.00 Å². The smallest absolute Gasteiger partial charge is 0.341 e. The van der Waals surface area contributed by atoms with Crippen LogP contribution in [0.5, 0.6) is 17.2 Å². The number of aryl methyl sites for hydroxylation is 1. The molecule has 0 saturated heterocycles. The van der Waals surface area contributed by atoms with E-state index < -0.39 is 24.5 Å². The molecule has 0 spiro atoms. The highest BCUT2D eigenvalue weighted by molar-refractivity contribution is 7.16. The van der Waals surface area contributed by atoms with Crippen molar-refractivity contribution in [2.24, 2.45) is 0 Å². The van der Waals surface area contributed by atoms with Gasteiger partial charge in [-0.3, -0.25) is 9.59 Å². The van der Waals surface area contributed by atoms with Crippen LogP contribution in [0.1, 0.15) is 40.2 Å². The molecular formula is C23H29NO8S. The van der Waals surface area contributed by atoms with E-state index in [-0.39, 0.29) is 13.0 Å². The lowest BCUT2D eigenvalue weighted by molar-refractivity contribution is -0.146. The van der Waals surface area contributed by atoms with Gasteiger partial charge >= 0.3 is 11.9 Å². The molecule has 1 amide bonds. The van der Waals surface area contributed by atoms with Gasteiger partial charge < -0.3 is 29.0 Å². The lowest BCUT2D eigenvalue weighted by atomic mass is 10.1. The molecule has 0 bridgehead atoms. The van der Waals surface area contributed by atoms with Gasteiger partial charge in [0.2, 0.25) is 5.75 Å². The number of thiophene rings is 1. The van der Waals surface area contributed by atoms with Crippen LogP contribution in [-0.2, 0) is 31.9 Å². The van der Waals surface area contributed by atoms with E-state index in [0.717, 1.165) is 10.4 Å². The van der Waals surface area contributed by atoms with Gasteiger partial charge in [-0.1, -0.05) is 6.92 Å². The zero-order chi connectivity index (χ0) is 24.5. The predicted octanol–water partition coefficient (Wildman–Crippen LogP) is 3.55. The van der Waals surface area contributed by atoms with Crippen molar-refractivity contribution in [3.63, 3.8) is 0 Å². The Hall–Kier alpha value is -3.27. The maximum Gasteiger partial charge on any atom is 0.341 e. The van der Waals surface area contributed by atoms with Crippen molar-refractivity contribution in [3.05, 3.63) is 33.7 Å². The third-order valence-electron chi connectivity index (χ3n) is 4.73. The molecule has 0 aliphatic heterocycles. The highest BCUT2D eigenvalue weighted by Gasteiger charge is 2.24. The maximum atomic E-state index is 12.4. The summed E-state index contributed by atoms with van der Waals surface area (Å²) in [7, 11) is 4.44. The number of amides is 1. The molecule has 2 aromatic rings. The number of nitrogens with one attached hydrogen (secondary N) is 1. The van der Waals surface area contributed by atoms with Crippen molar-refractivity contribution in [2.45, 2.75) is 33.6 Å². The second-order valence-electron chi connectivity index (χ2n) is 6.83. The molecule has 0 atom stereocenters. The average molecular weight is 480 g/mol. The lowest BCUT2D eigenvalue weighted by Crippen LogP contribution is -2.22. The standard InChI is InChI=1S/C23H29NO8S/c1-7-15-13(3)33-22(20(15)23(27)31-8-2)24-18(25)12-32-19(26)11-14-9-16(28-4)21(30-6)17(10-14)29-5/h9-10H,7-8,11-12H2,1-6H3,(H,24,25). The Morgan fingerprint density at radius 1 is 0.970 bits per heavy atom. The maximum absolute atomic E-state index is 12.4. The molecule has 1 aromatic heterocycles. The molecule has 0 radical (unpaired) electrons. The van der Waals surface area contributed by atoms with Crippen LogP contribution < -0.4 is 19.5 Å². The summed E-state index contributed by atoms with van der Waals surface area (Å²) in [5.74, 6) is -0.434. The van der Waals surface area contributed by atoms with E-state index in [0.29, 0.717) is 39.8 Å². The molecule has 2 rings (SSSR count). The first-order valence-electron chi connectivity index (χ1n) is 10.3. The number of carbonyl (C=O) groups is 3. The normalized spacial score (nSPS) is 10.4. The molecule has 0 aliphatic carbocycles. The molecule has 33 heavy (non-hydrogen) atoms. The number of benzene rings is 1. The van der Waals surface area contributed by atoms with Gasteiger partial charge in [-0.25, -0.2) is 4.79 Å². The van der Waals surface area contributed by atoms with Crippen molar-refractivity contribution >= 4 is 34.2 Å². The van der Waals surface area contributed by atoms with Gasteiger partial charge in [0.25, 0.3) is 5.91 Å². The van der Waals surface area contributed by atoms with Gasteiger partial charge in [0, 0.05) is 4.88 Å². The Kier molecular flexibility index (Phi) is 9.53. The second kappa shape index (κ2) is 12.1. The molecule has 10 heteroatoms. The van der Waals surface area contributed by atoms with Gasteiger partial charge in [-0.15, -0.1) is 11.3 Å². The van der Waals surface area contributed by atoms with Crippen LogP contribution in [-0.4, -0.2) is 52.4 Å². The largest absolute Gasteiger partial charge is 0.493 e. The molecule has 0 unspecified atom stereocenters. The van der Waals surface area contributed by atoms with Gasteiger partial charge in [-0.05, 0) is 43.5 Å². The summed E-state index contributed by atoms with van der Waals surface area (Å²) in [6, 6.07) is 3.27. The summed E-state index contributed by atoms with van der Waals surface area (Å²) in [5, 5.41) is 3.04. The minimum atomic E-state index is -0.610. The number of hydrogen-bond donors (Lipinski definition) is 1. The van der Waals surface area contributed by atoms with E-state index in [1.54, 1.807) is 19.1 Å². The first-order chi connectivity index (χ1) is 15.8. The van der Waals surface area contributed by atoms with Crippen molar-refractivity contribution in [1.29, 1.82) is 0 Å². The van der Waals surface area contributed by atoms with Crippen molar-refractivity contribution in [2.75, 3.05) is 39.9 Å². The minimum Gasteiger partial charge on any atom is -0.493 e. The van der Waals surface area contributed by atoms with E-state index in [1.807, 2.05) is 13.8 Å². The van der Waals surface area contributed by atoms with E-state index in [1.165, 1.54) is 32.7 Å². The molecule has 1 aromatic carbocycles. The average Bonchev–Trinajstić information content (AvgIpc) is 3.11. The third-order valence-corrected chi connectivity index (χ3v) is 5.80. The molecule has 180 valence electrons. The summed E-state index contributed by atoms with van der Waals surface area (Å²) in [6.07, 6.45) is 0.520. The number of hydrogen-bond acceptors (Lipinski definition) is 9. The predicted molar refractivity (Wildman–Crippen MR) is 124 cm³/mol.